The van der Waals surface area contributed by atoms with Crippen molar-refractivity contribution in [3.63, 3.8) is 0 Å². The molecule has 10 heteroatoms. The Morgan fingerprint density at radius 1 is 1.07 bits per heavy atom. The first-order chi connectivity index (χ1) is 14.2. The van der Waals surface area contributed by atoms with Crippen LogP contribution in [0.1, 0.15) is 27.3 Å². The number of halogens is 3. The normalized spacial score (nSPS) is 11.6. The van der Waals surface area contributed by atoms with Crippen LogP contribution in [0.15, 0.2) is 49.1 Å². The monoisotopic (exact) mass is 412 g/mol. The number of hydrogen-bond donors (Lipinski definition) is 1. The summed E-state index contributed by atoms with van der Waals surface area (Å²) < 4.78 is 41.6. The van der Waals surface area contributed by atoms with Crippen LogP contribution in [-0.2, 0) is 6.18 Å². The number of amides is 1. The van der Waals surface area contributed by atoms with E-state index in [-0.39, 0.29) is 22.7 Å². The second-order valence-electron chi connectivity index (χ2n) is 6.67. The van der Waals surface area contributed by atoms with Crippen LogP contribution in [0.5, 0.6) is 0 Å². The van der Waals surface area contributed by atoms with E-state index in [9.17, 15) is 18.0 Å². The lowest BCUT2D eigenvalue weighted by Crippen LogP contribution is -2.16. The number of anilines is 1. The van der Waals surface area contributed by atoms with Crippen molar-refractivity contribution in [2.45, 2.75) is 20.0 Å². The predicted octanol–water partition coefficient (Wildman–Crippen LogP) is 4.10. The van der Waals surface area contributed by atoms with Crippen LogP contribution < -0.4 is 5.32 Å². The van der Waals surface area contributed by atoms with E-state index in [4.69, 9.17) is 0 Å². The lowest BCUT2D eigenvalue weighted by Gasteiger charge is -2.11. The molecule has 1 aromatic carbocycles. The fourth-order valence-electron chi connectivity index (χ4n) is 3.03. The Hall–Kier alpha value is -3.82. The van der Waals surface area contributed by atoms with Crippen LogP contribution in [-0.4, -0.2) is 30.4 Å². The Morgan fingerprint density at radius 2 is 1.87 bits per heavy atom. The smallest absolute Gasteiger partial charge is 0.305 e. The number of alkyl halides is 3. The largest absolute Gasteiger partial charge is 0.450 e. The van der Waals surface area contributed by atoms with Crippen LogP contribution in [0.2, 0.25) is 0 Å². The fraction of sp³-hybridized carbons (Fsp3) is 0.150. The summed E-state index contributed by atoms with van der Waals surface area (Å²) in [6.45, 7) is 3.51. The number of nitrogens with zero attached hydrogens (tertiary/aromatic N) is 5. The van der Waals surface area contributed by atoms with Crippen LogP contribution in [0.4, 0.5) is 19.0 Å². The molecular formula is C20H15F3N6O. The molecule has 4 rings (SSSR count). The molecule has 4 aromatic rings. The molecule has 3 aromatic heterocycles. The summed E-state index contributed by atoms with van der Waals surface area (Å²) >= 11 is 0. The average molecular weight is 412 g/mol. The van der Waals surface area contributed by atoms with Crippen molar-refractivity contribution >= 4 is 22.8 Å². The number of nitrogens with one attached hydrogen (secondary N) is 1. The number of rotatable bonds is 3. The van der Waals surface area contributed by atoms with Gasteiger partial charge in [-0.05, 0) is 43.2 Å². The summed E-state index contributed by atoms with van der Waals surface area (Å²) in [6.07, 6.45) is 0.713. The molecule has 0 aliphatic heterocycles. The van der Waals surface area contributed by atoms with Crippen molar-refractivity contribution in [2.24, 2.45) is 0 Å². The summed E-state index contributed by atoms with van der Waals surface area (Å²) in [5.74, 6) is -1.47. The topological polar surface area (TPSA) is 85.6 Å². The molecule has 1 N–H and O–H groups in total. The van der Waals surface area contributed by atoms with Gasteiger partial charge in [0.25, 0.3) is 5.91 Å². The third-order valence-electron chi connectivity index (χ3n) is 4.44. The lowest BCUT2D eigenvalue weighted by atomic mass is 10.1. The molecule has 0 fully saturated rings. The molecule has 0 unspecified atom stereocenters. The highest BCUT2D eigenvalue weighted by Crippen LogP contribution is 2.33. The quantitative estimate of drug-likeness (QED) is 0.548. The van der Waals surface area contributed by atoms with Crippen LogP contribution in [0.3, 0.4) is 0 Å². The minimum atomic E-state index is -4.68. The number of carbonyl (C=O) groups excluding carboxylic acids is 1. The molecule has 1 amide bonds. The van der Waals surface area contributed by atoms with Gasteiger partial charge in [-0.2, -0.15) is 13.2 Å². The highest BCUT2D eigenvalue weighted by Gasteiger charge is 2.38. The SMILES string of the molecule is Cc1ccc2c(c1)nc(C(F)(F)F)n2-c1cnc(NC(=O)c2ccncc2C)cn1. The van der Waals surface area contributed by atoms with Crippen LogP contribution >= 0.6 is 0 Å². The van der Waals surface area contributed by atoms with E-state index >= 15 is 0 Å². The second kappa shape index (κ2) is 7.21. The molecule has 0 aliphatic carbocycles. The van der Waals surface area contributed by atoms with Crippen molar-refractivity contribution in [3.8, 4) is 5.82 Å². The predicted molar refractivity (Wildman–Crippen MR) is 103 cm³/mol. The standard InChI is InChI=1S/C20H15F3N6O/c1-11-3-4-15-14(7-11)27-19(20(21,22)23)29(15)17-10-25-16(9-26-17)28-18(30)13-5-6-24-8-12(13)2/h3-10H,1-2H3,(H,25,28,30). The molecule has 0 saturated carbocycles. The molecule has 30 heavy (non-hydrogen) atoms. The van der Waals surface area contributed by atoms with Gasteiger partial charge in [-0.1, -0.05) is 6.07 Å². The van der Waals surface area contributed by atoms with E-state index in [0.29, 0.717) is 11.1 Å². The number of pyridine rings is 1. The van der Waals surface area contributed by atoms with E-state index in [1.165, 1.54) is 12.4 Å². The lowest BCUT2D eigenvalue weighted by molar-refractivity contribution is -0.145. The van der Waals surface area contributed by atoms with Crippen LogP contribution in [0, 0.1) is 13.8 Å². The van der Waals surface area contributed by atoms with E-state index in [1.807, 2.05) is 0 Å². The minimum Gasteiger partial charge on any atom is -0.305 e. The Bertz CT molecular complexity index is 1250. The first kappa shape index (κ1) is 19.5. The van der Waals surface area contributed by atoms with Gasteiger partial charge in [0.1, 0.15) is 0 Å². The molecule has 0 bridgehead atoms. The molecule has 152 valence electrons. The highest BCUT2D eigenvalue weighted by molar-refractivity contribution is 6.04. The Kier molecular flexibility index (Phi) is 4.69. The Morgan fingerprint density at radius 3 is 2.53 bits per heavy atom. The molecule has 7 nitrogen and oxygen atoms in total. The first-order valence-corrected chi connectivity index (χ1v) is 8.85. The second-order valence-corrected chi connectivity index (χ2v) is 6.67. The number of carbonyl (C=O) groups is 1. The number of aromatic nitrogens is 5. The maximum atomic E-state index is 13.6. The van der Waals surface area contributed by atoms with Gasteiger partial charge in [0.15, 0.2) is 11.6 Å². The average Bonchev–Trinajstić information content (AvgIpc) is 3.08. The van der Waals surface area contributed by atoms with Gasteiger partial charge in [-0.25, -0.2) is 15.0 Å². The van der Waals surface area contributed by atoms with Crippen molar-refractivity contribution in [1.82, 2.24) is 24.5 Å². The number of fused-ring (bicyclic) bond motifs is 1. The van der Waals surface area contributed by atoms with Crippen LogP contribution in [0.25, 0.3) is 16.9 Å². The van der Waals surface area contributed by atoms with E-state index in [0.717, 1.165) is 16.3 Å². The molecule has 0 radical (unpaired) electrons. The molecule has 3 heterocycles. The van der Waals surface area contributed by atoms with Gasteiger partial charge in [0, 0.05) is 18.0 Å². The van der Waals surface area contributed by atoms with Gasteiger partial charge in [0.2, 0.25) is 5.82 Å². The third kappa shape index (κ3) is 3.59. The van der Waals surface area contributed by atoms with E-state index in [1.54, 1.807) is 44.3 Å². The maximum absolute atomic E-state index is 13.6. The minimum absolute atomic E-state index is 0.0632. The fourth-order valence-corrected chi connectivity index (χ4v) is 3.03. The van der Waals surface area contributed by atoms with Gasteiger partial charge < -0.3 is 5.32 Å². The third-order valence-corrected chi connectivity index (χ3v) is 4.44. The van der Waals surface area contributed by atoms with Crippen molar-refractivity contribution in [1.29, 1.82) is 0 Å². The summed E-state index contributed by atoms with van der Waals surface area (Å²) in [7, 11) is 0. The van der Waals surface area contributed by atoms with Gasteiger partial charge in [0.05, 0.1) is 23.4 Å². The highest BCUT2D eigenvalue weighted by atomic mass is 19.4. The summed E-state index contributed by atoms with van der Waals surface area (Å²) in [5, 5.41) is 2.57. The zero-order chi connectivity index (χ0) is 21.5. The maximum Gasteiger partial charge on any atom is 0.450 e. The van der Waals surface area contributed by atoms with Crippen molar-refractivity contribution in [2.75, 3.05) is 5.32 Å². The number of hydrogen-bond acceptors (Lipinski definition) is 5. The first-order valence-electron chi connectivity index (χ1n) is 8.85. The van der Waals surface area contributed by atoms with Crippen molar-refractivity contribution < 1.29 is 18.0 Å². The van der Waals surface area contributed by atoms with Crippen molar-refractivity contribution in [3.05, 3.63) is 71.6 Å². The number of imidazole rings is 1. The molecular weight excluding hydrogens is 397 g/mol. The summed E-state index contributed by atoms with van der Waals surface area (Å²) in [6, 6.07) is 6.37. The zero-order valence-electron chi connectivity index (χ0n) is 15.9. The van der Waals surface area contributed by atoms with Gasteiger partial charge in [-0.15, -0.1) is 0 Å². The molecule has 0 saturated heterocycles. The molecule has 0 atom stereocenters. The Labute approximate surface area is 168 Å². The van der Waals surface area contributed by atoms with Gasteiger partial charge >= 0.3 is 6.18 Å². The van der Waals surface area contributed by atoms with E-state index in [2.05, 4.69) is 25.3 Å². The number of aryl methyl sites for hydroxylation is 2. The summed E-state index contributed by atoms with van der Waals surface area (Å²) in [5.41, 5.74) is 2.33. The van der Waals surface area contributed by atoms with E-state index < -0.39 is 17.9 Å². The molecule has 0 spiro atoms. The summed E-state index contributed by atoms with van der Waals surface area (Å²) in [4.78, 5) is 28.2. The molecule has 0 aliphatic rings. The number of benzene rings is 1. The van der Waals surface area contributed by atoms with Gasteiger partial charge in [-0.3, -0.25) is 14.3 Å². The Balaban J connectivity index is 1.70. The zero-order valence-corrected chi connectivity index (χ0v) is 15.9.